The standard InChI is InChI=1S/C15H19NO5/c1-9-6-12(20-2)13(21-3)7-11(9)14(17)16-5-4-10(8-16)15(18)19/h6-7,10H,4-5,8H2,1-3H3,(H,18,19). The summed E-state index contributed by atoms with van der Waals surface area (Å²) in [6, 6.07) is 3.39. The maximum Gasteiger partial charge on any atom is 0.308 e. The lowest BCUT2D eigenvalue weighted by Crippen LogP contribution is -2.30. The maximum absolute atomic E-state index is 12.5. The van der Waals surface area contributed by atoms with Gasteiger partial charge in [-0.15, -0.1) is 0 Å². The van der Waals surface area contributed by atoms with Gasteiger partial charge in [0.2, 0.25) is 0 Å². The molecular weight excluding hydrogens is 274 g/mol. The van der Waals surface area contributed by atoms with Gasteiger partial charge < -0.3 is 19.5 Å². The van der Waals surface area contributed by atoms with Gasteiger partial charge in [-0.1, -0.05) is 0 Å². The number of hydrogen-bond donors (Lipinski definition) is 1. The van der Waals surface area contributed by atoms with E-state index in [0.717, 1.165) is 5.56 Å². The number of benzene rings is 1. The third-order valence-corrected chi connectivity index (χ3v) is 3.79. The summed E-state index contributed by atoms with van der Waals surface area (Å²) in [6.07, 6.45) is 0.493. The molecule has 1 fully saturated rings. The van der Waals surface area contributed by atoms with Crippen molar-refractivity contribution in [2.45, 2.75) is 13.3 Å². The van der Waals surface area contributed by atoms with Gasteiger partial charge in [0.25, 0.3) is 5.91 Å². The Bertz CT molecular complexity index is 569. The average molecular weight is 293 g/mol. The summed E-state index contributed by atoms with van der Waals surface area (Å²) in [5, 5.41) is 9.01. The second-order valence-corrected chi connectivity index (χ2v) is 5.10. The van der Waals surface area contributed by atoms with Crippen LogP contribution in [0.4, 0.5) is 0 Å². The summed E-state index contributed by atoms with van der Waals surface area (Å²) >= 11 is 0. The molecule has 1 N–H and O–H groups in total. The molecule has 1 aliphatic heterocycles. The molecule has 114 valence electrons. The first-order chi connectivity index (χ1) is 9.97. The van der Waals surface area contributed by atoms with Crippen LogP contribution < -0.4 is 9.47 Å². The van der Waals surface area contributed by atoms with Crippen molar-refractivity contribution >= 4 is 11.9 Å². The molecule has 1 saturated heterocycles. The molecule has 1 aromatic rings. The summed E-state index contributed by atoms with van der Waals surface area (Å²) in [7, 11) is 3.05. The van der Waals surface area contributed by atoms with E-state index in [0.29, 0.717) is 30.0 Å². The molecule has 21 heavy (non-hydrogen) atoms. The van der Waals surface area contributed by atoms with Crippen LogP contribution in [0.3, 0.4) is 0 Å². The summed E-state index contributed by atoms with van der Waals surface area (Å²) in [4.78, 5) is 25.1. The van der Waals surface area contributed by atoms with Crippen LogP contribution >= 0.6 is 0 Å². The molecule has 1 amide bonds. The van der Waals surface area contributed by atoms with Gasteiger partial charge in [-0.05, 0) is 31.0 Å². The summed E-state index contributed by atoms with van der Waals surface area (Å²) in [6.45, 7) is 2.53. The third-order valence-electron chi connectivity index (χ3n) is 3.79. The van der Waals surface area contributed by atoms with Gasteiger partial charge in [0.1, 0.15) is 0 Å². The van der Waals surface area contributed by atoms with Gasteiger partial charge in [0.15, 0.2) is 11.5 Å². The minimum Gasteiger partial charge on any atom is -0.493 e. The highest BCUT2D eigenvalue weighted by Gasteiger charge is 2.32. The van der Waals surface area contributed by atoms with Crippen LogP contribution in [0.1, 0.15) is 22.3 Å². The van der Waals surface area contributed by atoms with Gasteiger partial charge in [-0.25, -0.2) is 0 Å². The average Bonchev–Trinajstić information content (AvgIpc) is 2.96. The summed E-state index contributed by atoms with van der Waals surface area (Å²) in [5.41, 5.74) is 1.29. The van der Waals surface area contributed by atoms with Gasteiger partial charge >= 0.3 is 5.97 Å². The Balaban J connectivity index is 2.26. The van der Waals surface area contributed by atoms with Crippen molar-refractivity contribution in [2.75, 3.05) is 27.3 Å². The fourth-order valence-corrected chi connectivity index (χ4v) is 2.53. The number of ether oxygens (including phenoxy) is 2. The van der Waals surface area contributed by atoms with Crippen molar-refractivity contribution in [2.24, 2.45) is 5.92 Å². The van der Waals surface area contributed by atoms with Crippen molar-refractivity contribution < 1.29 is 24.2 Å². The van der Waals surface area contributed by atoms with Crippen molar-refractivity contribution in [3.8, 4) is 11.5 Å². The molecule has 0 radical (unpaired) electrons. The predicted molar refractivity (Wildman–Crippen MR) is 75.9 cm³/mol. The molecular formula is C15H19NO5. The number of aliphatic carboxylic acids is 1. The van der Waals surface area contributed by atoms with E-state index < -0.39 is 11.9 Å². The molecule has 0 saturated carbocycles. The van der Waals surface area contributed by atoms with Crippen molar-refractivity contribution in [1.82, 2.24) is 4.90 Å². The fraction of sp³-hybridized carbons (Fsp3) is 0.467. The van der Waals surface area contributed by atoms with Gasteiger partial charge in [0, 0.05) is 18.7 Å². The van der Waals surface area contributed by atoms with E-state index >= 15 is 0 Å². The Morgan fingerprint density at radius 1 is 1.24 bits per heavy atom. The molecule has 0 aliphatic carbocycles. The van der Waals surface area contributed by atoms with E-state index in [2.05, 4.69) is 0 Å². The van der Waals surface area contributed by atoms with Gasteiger partial charge in [-0.3, -0.25) is 9.59 Å². The Kier molecular flexibility index (Phi) is 4.35. The van der Waals surface area contributed by atoms with Crippen LogP contribution in [0.2, 0.25) is 0 Å². The number of nitrogens with zero attached hydrogens (tertiary/aromatic N) is 1. The van der Waals surface area contributed by atoms with E-state index in [1.54, 1.807) is 17.0 Å². The van der Waals surface area contributed by atoms with Crippen LogP contribution in [-0.4, -0.2) is 49.2 Å². The third kappa shape index (κ3) is 2.94. The minimum absolute atomic E-state index is 0.169. The Labute approximate surface area is 123 Å². The fourth-order valence-electron chi connectivity index (χ4n) is 2.53. The highest BCUT2D eigenvalue weighted by atomic mass is 16.5. The first-order valence-electron chi connectivity index (χ1n) is 6.72. The van der Waals surface area contributed by atoms with E-state index in [1.165, 1.54) is 14.2 Å². The molecule has 0 aromatic heterocycles. The van der Waals surface area contributed by atoms with Gasteiger partial charge in [0.05, 0.1) is 20.1 Å². The maximum atomic E-state index is 12.5. The van der Waals surface area contributed by atoms with Crippen molar-refractivity contribution in [1.29, 1.82) is 0 Å². The summed E-state index contributed by atoms with van der Waals surface area (Å²) < 4.78 is 10.4. The molecule has 6 heteroatoms. The molecule has 0 spiro atoms. The largest absolute Gasteiger partial charge is 0.493 e. The second-order valence-electron chi connectivity index (χ2n) is 5.10. The summed E-state index contributed by atoms with van der Waals surface area (Å²) in [5.74, 6) is -0.447. The molecule has 1 heterocycles. The van der Waals surface area contributed by atoms with Crippen LogP contribution in [0.15, 0.2) is 12.1 Å². The van der Waals surface area contributed by atoms with Crippen LogP contribution in [0.5, 0.6) is 11.5 Å². The number of amides is 1. The topological polar surface area (TPSA) is 76.1 Å². The number of aryl methyl sites for hydroxylation is 1. The van der Waals surface area contributed by atoms with Crippen LogP contribution in [0.25, 0.3) is 0 Å². The van der Waals surface area contributed by atoms with E-state index in [-0.39, 0.29) is 12.5 Å². The molecule has 6 nitrogen and oxygen atoms in total. The zero-order valence-electron chi connectivity index (χ0n) is 12.4. The molecule has 1 aromatic carbocycles. The zero-order chi connectivity index (χ0) is 15.6. The smallest absolute Gasteiger partial charge is 0.308 e. The second kappa shape index (κ2) is 6.03. The minimum atomic E-state index is -0.852. The lowest BCUT2D eigenvalue weighted by Gasteiger charge is -2.18. The number of likely N-dealkylation sites (tertiary alicyclic amines) is 1. The van der Waals surface area contributed by atoms with Crippen molar-refractivity contribution in [3.63, 3.8) is 0 Å². The number of carbonyl (C=O) groups is 2. The Morgan fingerprint density at radius 3 is 2.38 bits per heavy atom. The Hall–Kier alpha value is -2.24. The van der Waals surface area contributed by atoms with Gasteiger partial charge in [-0.2, -0.15) is 0 Å². The lowest BCUT2D eigenvalue weighted by atomic mass is 10.1. The quantitative estimate of drug-likeness (QED) is 0.911. The Morgan fingerprint density at radius 2 is 1.86 bits per heavy atom. The van der Waals surface area contributed by atoms with Crippen LogP contribution in [0, 0.1) is 12.8 Å². The normalized spacial score (nSPS) is 17.7. The molecule has 0 bridgehead atoms. The van der Waals surface area contributed by atoms with Crippen molar-refractivity contribution in [3.05, 3.63) is 23.3 Å². The number of carboxylic acid groups (broad SMARTS) is 1. The molecule has 2 rings (SSSR count). The number of methoxy groups -OCH3 is 2. The van der Waals surface area contributed by atoms with E-state index in [1.807, 2.05) is 6.92 Å². The SMILES string of the molecule is COc1cc(C)c(C(=O)N2CCC(C(=O)O)C2)cc1OC. The molecule has 1 unspecified atom stereocenters. The predicted octanol–water partition coefficient (Wildman–Crippen LogP) is 1.56. The van der Waals surface area contributed by atoms with E-state index in [4.69, 9.17) is 14.6 Å². The molecule has 1 atom stereocenters. The highest BCUT2D eigenvalue weighted by Crippen LogP contribution is 2.31. The number of rotatable bonds is 4. The lowest BCUT2D eigenvalue weighted by molar-refractivity contribution is -0.141. The van der Waals surface area contributed by atoms with Crippen LogP contribution in [-0.2, 0) is 4.79 Å². The number of carbonyl (C=O) groups excluding carboxylic acids is 1. The highest BCUT2D eigenvalue weighted by molar-refractivity contribution is 5.97. The zero-order valence-corrected chi connectivity index (χ0v) is 12.4. The monoisotopic (exact) mass is 293 g/mol. The van der Waals surface area contributed by atoms with E-state index in [9.17, 15) is 9.59 Å². The first kappa shape index (κ1) is 15.2. The number of hydrogen-bond acceptors (Lipinski definition) is 4. The first-order valence-corrected chi connectivity index (χ1v) is 6.72. The molecule has 1 aliphatic rings. The number of carboxylic acids is 1.